The van der Waals surface area contributed by atoms with E-state index in [0.29, 0.717) is 6.54 Å². The van der Waals surface area contributed by atoms with Crippen LogP contribution < -0.4 is 5.32 Å². The lowest BCUT2D eigenvalue weighted by atomic mass is 9.97. The Labute approximate surface area is 142 Å². The molecule has 128 valence electrons. The lowest BCUT2D eigenvalue weighted by molar-refractivity contribution is -0.146. The zero-order valence-corrected chi connectivity index (χ0v) is 15.1. The number of piperidine rings is 1. The van der Waals surface area contributed by atoms with Gasteiger partial charge in [0.05, 0.1) is 19.6 Å². The number of hydrogen-bond donors (Lipinski definition) is 1. The number of aliphatic imine (C=N–C) groups is 1. The molecule has 23 heavy (non-hydrogen) atoms. The number of methoxy groups -OCH3 is 1. The van der Waals surface area contributed by atoms with E-state index in [0.717, 1.165) is 44.9 Å². The van der Waals surface area contributed by atoms with E-state index in [1.54, 1.807) is 0 Å². The van der Waals surface area contributed by atoms with Crippen LogP contribution in [0.1, 0.15) is 36.4 Å². The average Bonchev–Trinajstić information content (AvgIpc) is 3.06. The SMILES string of the molecule is CCNC(=NCc1ccc(CC)s1)N1CCC(C(=O)OC)CC1. The van der Waals surface area contributed by atoms with Crippen LogP contribution in [-0.4, -0.2) is 43.6 Å². The second kappa shape index (κ2) is 8.91. The Morgan fingerprint density at radius 2 is 2.04 bits per heavy atom. The Hall–Kier alpha value is -1.56. The quantitative estimate of drug-likeness (QED) is 0.510. The van der Waals surface area contributed by atoms with E-state index in [4.69, 9.17) is 9.73 Å². The maximum Gasteiger partial charge on any atom is 0.308 e. The monoisotopic (exact) mass is 337 g/mol. The molecule has 5 nitrogen and oxygen atoms in total. The van der Waals surface area contributed by atoms with Gasteiger partial charge < -0.3 is 15.0 Å². The van der Waals surface area contributed by atoms with Crippen molar-refractivity contribution in [1.82, 2.24) is 10.2 Å². The van der Waals surface area contributed by atoms with Crippen molar-refractivity contribution in [2.45, 2.75) is 39.7 Å². The molecule has 1 aromatic heterocycles. The molecule has 0 atom stereocenters. The van der Waals surface area contributed by atoms with E-state index in [1.165, 1.54) is 16.9 Å². The molecule has 0 radical (unpaired) electrons. The number of rotatable bonds is 5. The number of esters is 1. The average molecular weight is 337 g/mol. The van der Waals surface area contributed by atoms with Crippen molar-refractivity contribution < 1.29 is 9.53 Å². The van der Waals surface area contributed by atoms with E-state index in [-0.39, 0.29) is 11.9 Å². The second-order valence-electron chi connectivity index (χ2n) is 5.68. The molecule has 1 N–H and O–H groups in total. The Morgan fingerprint density at radius 1 is 1.35 bits per heavy atom. The molecule has 0 bridgehead atoms. The van der Waals surface area contributed by atoms with Gasteiger partial charge in [-0.3, -0.25) is 4.79 Å². The zero-order valence-electron chi connectivity index (χ0n) is 14.3. The number of guanidine groups is 1. The van der Waals surface area contributed by atoms with Crippen LogP contribution >= 0.6 is 11.3 Å². The predicted octanol–water partition coefficient (Wildman–Crippen LogP) is 2.66. The fraction of sp³-hybridized carbons (Fsp3) is 0.647. The van der Waals surface area contributed by atoms with Gasteiger partial charge in [0.1, 0.15) is 0 Å². The molecular weight excluding hydrogens is 310 g/mol. The lowest BCUT2D eigenvalue weighted by Crippen LogP contribution is -2.46. The van der Waals surface area contributed by atoms with Gasteiger partial charge in [0.15, 0.2) is 5.96 Å². The topological polar surface area (TPSA) is 53.9 Å². The summed E-state index contributed by atoms with van der Waals surface area (Å²) < 4.78 is 4.85. The van der Waals surface area contributed by atoms with Gasteiger partial charge in [0, 0.05) is 29.4 Å². The molecule has 1 aliphatic heterocycles. The van der Waals surface area contributed by atoms with Gasteiger partial charge in [-0.15, -0.1) is 11.3 Å². The summed E-state index contributed by atoms with van der Waals surface area (Å²) in [6.07, 6.45) is 2.74. The molecule has 1 saturated heterocycles. The summed E-state index contributed by atoms with van der Waals surface area (Å²) in [5.74, 6) is 0.892. The fourth-order valence-electron chi connectivity index (χ4n) is 2.77. The van der Waals surface area contributed by atoms with Crippen LogP contribution in [0.15, 0.2) is 17.1 Å². The highest BCUT2D eigenvalue weighted by molar-refractivity contribution is 7.11. The fourth-order valence-corrected chi connectivity index (χ4v) is 3.65. The molecule has 0 spiro atoms. The summed E-state index contributed by atoms with van der Waals surface area (Å²) in [7, 11) is 1.46. The number of nitrogens with zero attached hydrogens (tertiary/aromatic N) is 2. The number of aryl methyl sites for hydroxylation is 1. The van der Waals surface area contributed by atoms with Crippen LogP contribution in [0, 0.1) is 5.92 Å². The van der Waals surface area contributed by atoms with Gasteiger partial charge in [0.2, 0.25) is 0 Å². The molecule has 1 aromatic rings. The summed E-state index contributed by atoms with van der Waals surface area (Å²) in [4.78, 5) is 21.3. The molecular formula is C17H27N3O2S. The number of thiophene rings is 1. The first kappa shape index (κ1) is 17.8. The van der Waals surface area contributed by atoms with Crippen LogP contribution in [0.3, 0.4) is 0 Å². The minimum atomic E-state index is -0.0859. The normalized spacial score (nSPS) is 16.5. The number of likely N-dealkylation sites (tertiary alicyclic amines) is 1. The molecule has 2 rings (SSSR count). The maximum absolute atomic E-state index is 11.6. The highest BCUT2D eigenvalue weighted by Crippen LogP contribution is 2.20. The van der Waals surface area contributed by atoms with Crippen molar-refractivity contribution in [3.05, 3.63) is 21.9 Å². The van der Waals surface area contributed by atoms with E-state index in [1.807, 2.05) is 11.3 Å². The highest BCUT2D eigenvalue weighted by atomic mass is 32.1. The summed E-state index contributed by atoms with van der Waals surface area (Å²) in [5.41, 5.74) is 0. The Balaban J connectivity index is 1.95. The molecule has 1 fully saturated rings. The smallest absolute Gasteiger partial charge is 0.308 e. The van der Waals surface area contributed by atoms with Gasteiger partial charge in [-0.05, 0) is 38.3 Å². The van der Waals surface area contributed by atoms with Gasteiger partial charge in [0.25, 0.3) is 0 Å². The van der Waals surface area contributed by atoms with Crippen LogP contribution in [0.4, 0.5) is 0 Å². The van der Waals surface area contributed by atoms with Crippen molar-refractivity contribution in [1.29, 1.82) is 0 Å². The lowest BCUT2D eigenvalue weighted by Gasteiger charge is -2.33. The van der Waals surface area contributed by atoms with Gasteiger partial charge in [-0.1, -0.05) is 6.92 Å². The molecule has 0 unspecified atom stereocenters. The third kappa shape index (κ3) is 4.96. The first-order valence-electron chi connectivity index (χ1n) is 8.36. The van der Waals surface area contributed by atoms with Crippen molar-refractivity contribution in [2.24, 2.45) is 10.9 Å². The van der Waals surface area contributed by atoms with E-state index >= 15 is 0 Å². The molecule has 0 saturated carbocycles. The minimum Gasteiger partial charge on any atom is -0.469 e. The van der Waals surface area contributed by atoms with Crippen LogP contribution in [0.5, 0.6) is 0 Å². The van der Waals surface area contributed by atoms with Gasteiger partial charge in [-0.2, -0.15) is 0 Å². The molecule has 6 heteroatoms. The number of nitrogens with one attached hydrogen (secondary N) is 1. The first-order valence-corrected chi connectivity index (χ1v) is 9.18. The largest absolute Gasteiger partial charge is 0.469 e. The van der Waals surface area contributed by atoms with E-state index in [2.05, 4.69) is 36.2 Å². The van der Waals surface area contributed by atoms with Gasteiger partial charge >= 0.3 is 5.97 Å². The van der Waals surface area contributed by atoms with E-state index in [9.17, 15) is 4.79 Å². The molecule has 2 heterocycles. The van der Waals surface area contributed by atoms with E-state index < -0.39 is 0 Å². The molecule has 1 aliphatic rings. The number of ether oxygens (including phenoxy) is 1. The Kier molecular flexibility index (Phi) is 6.89. The minimum absolute atomic E-state index is 0.0311. The highest BCUT2D eigenvalue weighted by Gasteiger charge is 2.26. The first-order chi connectivity index (χ1) is 11.2. The van der Waals surface area contributed by atoms with Crippen molar-refractivity contribution in [2.75, 3.05) is 26.7 Å². The standard InChI is InChI=1S/C17H27N3O2S/c1-4-14-6-7-15(23-14)12-19-17(18-5-2)20-10-8-13(9-11-20)16(21)22-3/h6-7,13H,4-5,8-12H2,1-3H3,(H,18,19). The molecule has 0 amide bonds. The maximum atomic E-state index is 11.6. The molecule has 0 aliphatic carbocycles. The molecule has 0 aromatic carbocycles. The van der Waals surface area contributed by atoms with Crippen LogP contribution in [0.25, 0.3) is 0 Å². The van der Waals surface area contributed by atoms with Crippen LogP contribution in [-0.2, 0) is 22.5 Å². The zero-order chi connectivity index (χ0) is 16.7. The summed E-state index contributed by atoms with van der Waals surface area (Å²) >= 11 is 1.83. The van der Waals surface area contributed by atoms with Crippen LogP contribution in [0.2, 0.25) is 0 Å². The summed E-state index contributed by atoms with van der Waals surface area (Å²) in [6.45, 7) is 7.50. The van der Waals surface area contributed by atoms with Crippen molar-refractivity contribution in [3.63, 3.8) is 0 Å². The van der Waals surface area contributed by atoms with Crippen molar-refractivity contribution in [3.8, 4) is 0 Å². The number of carbonyl (C=O) groups excluding carboxylic acids is 1. The third-order valence-corrected chi connectivity index (χ3v) is 5.33. The summed E-state index contributed by atoms with van der Waals surface area (Å²) in [5, 5.41) is 3.37. The second-order valence-corrected chi connectivity index (χ2v) is 6.93. The number of hydrogen-bond acceptors (Lipinski definition) is 4. The third-order valence-electron chi connectivity index (χ3n) is 4.11. The number of carbonyl (C=O) groups is 1. The van der Waals surface area contributed by atoms with Crippen molar-refractivity contribution >= 4 is 23.3 Å². The predicted molar refractivity (Wildman–Crippen MR) is 94.8 cm³/mol. The van der Waals surface area contributed by atoms with Gasteiger partial charge in [-0.25, -0.2) is 4.99 Å². The Bertz CT molecular complexity index is 534. The summed E-state index contributed by atoms with van der Waals surface area (Å²) in [6, 6.07) is 4.35. The Morgan fingerprint density at radius 3 is 2.61 bits per heavy atom.